The summed E-state index contributed by atoms with van der Waals surface area (Å²) in [5.41, 5.74) is 1.67. The second-order valence-electron chi connectivity index (χ2n) is 15.1. The zero-order valence-electron chi connectivity index (χ0n) is 30.7. The van der Waals surface area contributed by atoms with Crippen molar-refractivity contribution < 1.29 is 36.5 Å². The van der Waals surface area contributed by atoms with Gasteiger partial charge in [-0.05, 0) is 76.3 Å². The minimum atomic E-state index is -4.36. The molecule has 0 saturated heterocycles. The van der Waals surface area contributed by atoms with Crippen LogP contribution in [0, 0.1) is 24.7 Å². The van der Waals surface area contributed by atoms with E-state index in [1.807, 2.05) is 42.7 Å². The number of carbonyl (C=O) groups is 3. The van der Waals surface area contributed by atoms with Crippen LogP contribution < -0.4 is 19.5 Å². The molecule has 1 aliphatic heterocycles. The van der Waals surface area contributed by atoms with Crippen molar-refractivity contribution in [3.05, 3.63) is 47.0 Å². The van der Waals surface area contributed by atoms with E-state index in [0.717, 1.165) is 40.9 Å². The van der Waals surface area contributed by atoms with Gasteiger partial charge in [-0.15, -0.1) is 11.3 Å². The lowest BCUT2D eigenvalue weighted by atomic mass is 9.93. The Morgan fingerprint density at radius 3 is 2.58 bits per heavy atom. The van der Waals surface area contributed by atoms with Crippen LogP contribution in [0.25, 0.3) is 21.6 Å². The number of aryl methyl sites for hydroxylation is 1. The maximum atomic E-state index is 14.3. The van der Waals surface area contributed by atoms with Gasteiger partial charge in [0.25, 0.3) is 5.91 Å². The molecular formula is C38H47N5O8S2. The fourth-order valence-corrected chi connectivity index (χ4v) is 9.39. The molecule has 4 aliphatic rings. The van der Waals surface area contributed by atoms with E-state index in [1.54, 1.807) is 19.1 Å². The SMILES string of the molecule is COc1ccc2c(O[C@@H]3C[C@H]4C(=O)N[C@]5(C(=O)NS(=O)(=O)OC6CC6)C[C@H]5/C=C\CCCCN(C)C(=O)[C@@H]4C3)cc(-c3nc(C(C)C)cs3)nc2c1C. The molecule has 3 saturated carbocycles. The molecule has 53 heavy (non-hydrogen) atoms. The zero-order chi connectivity index (χ0) is 37.7. The number of carbonyl (C=O) groups excluding carboxylic acids is 3. The van der Waals surface area contributed by atoms with Crippen LogP contribution in [0.3, 0.4) is 0 Å². The summed E-state index contributed by atoms with van der Waals surface area (Å²) in [5, 5.41) is 6.46. The predicted molar refractivity (Wildman–Crippen MR) is 200 cm³/mol. The van der Waals surface area contributed by atoms with Crippen LogP contribution in [0.4, 0.5) is 0 Å². The van der Waals surface area contributed by atoms with Crippen molar-refractivity contribution in [2.24, 2.45) is 17.8 Å². The van der Waals surface area contributed by atoms with Crippen molar-refractivity contribution in [2.45, 2.75) is 95.8 Å². The lowest BCUT2D eigenvalue weighted by molar-refractivity contribution is -0.140. The summed E-state index contributed by atoms with van der Waals surface area (Å²) in [6, 6.07) is 5.63. The van der Waals surface area contributed by atoms with Crippen LogP contribution in [0.5, 0.6) is 11.5 Å². The minimum absolute atomic E-state index is 0.167. The topological polar surface area (TPSA) is 166 Å². The first-order valence-electron chi connectivity index (χ1n) is 18.4. The molecule has 1 aromatic carbocycles. The number of hydrogen-bond donors (Lipinski definition) is 2. The number of aromatic nitrogens is 2. The third-order valence-corrected chi connectivity index (χ3v) is 12.6. The molecule has 0 unspecified atom stereocenters. The van der Waals surface area contributed by atoms with Gasteiger partial charge in [0.15, 0.2) is 0 Å². The molecule has 0 bridgehead atoms. The van der Waals surface area contributed by atoms with Crippen LogP contribution in [-0.2, 0) is 28.9 Å². The van der Waals surface area contributed by atoms with Gasteiger partial charge in [-0.1, -0.05) is 26.0 Å². The van der Waals surface area contributed by atoms with Gasteiger partial charge in [0.1, 0.15) is 33.8 Å². The normalized spacial score (nSPS) is 27.1. The first-order chi connectivity index (χ1) is 25.3. The molecular weight excluding hydrogens is 719 g/mol. The zero-order valence-corrected chi connectivity index (χ0v) is 32.3. The fourth-order valence-electron chi connectivity index (χ4n) is 7.44. The maximum absolute atomic E-state index is 14.3. The number of fused-ring (bicyclic) bond motifs is 3. The van der Waals surface area contributed by atoms with Gasteiger partial charge < -0.3 is 19.7 Å². The molecule has 3 heterocycles. The summed E-state index contributed by atoms with van der Waals surface area (Å²) in [4.78, 5) is 53.5. The molecule has 284 valence electrons. The summed E-state index contributed by atoms with van der Waals surface area (Å²) >= 11 is 1.51. The van der Waals surface area contributed by atoms with Gasteiger partial charge in [0.2, 0.25) is 11.8 Å². The maximum Gasteiger partial charge on any atom is 0.362 e. The second-order valence-corrected chi connectivity index (χ2v) is 17.2. The largest absolute Gasteiger partial charge is 0.496 e. The molecule has 0 spiro atoms. The van der Waals surface area contributed by atoms with E-state index in [-0.39, 0.29) is 31.1 Å². The molecule has 7 rings (SSSR count). The van der Waals surface area contributed by atoms with Gasteiger partial charge in [0.05, 0.1) is 36.3 Å². The molecule has 3 amide bonds. The average Bonchev–Trinajstić information content (AvgIpc) is 3.93. The number of nitrogens with zero attached hydrogens (tertiary/aromatic N) is 3. The van der Waals surface area contributed by atoms with Crippen molar-refractivity contribution in [1.82, 2.24) is 24.9 Å². The number of allylic oxidation sites excluding steroid dienone is 1. The molecule has 2 aromatic heterocycles. The van der Waals surface area contributed by atoms with Crippen LogP contribution >= 0.6 is 11.3 Å². The summed E-state index contributed by atoms with van der Waals surface area (Å²) in [6.45, 7) is 6.66. The van der Waals surface area contributed by atoms with Crippen molar-refractivity contribution >= 4 is 50.3 Å². The number of pyridine rings is 1. The summed E-state index contributed by atoms with van der Waals surface area (Å²) in [5.74, 6) is -1.96. The third kappa shape index (κ3) is 7.79. The van der Waals surface area contributed by atoms with Gasteiger partial charge in [-0.25, -0.2) is 14.7 Å². The molecule has 5 atom stereocenters. The van der Waals surface area contributed by atoms with E-state index < -0.39 is 57.6 Å². The third-order valence-electron chi connectivity index (χ3n) is 10.8. The van der Waals surface area contributed by atoms with Gasteiger partial charge >= 0.3 is 10.3 Å². The molecule has 13 nitrogen and oxygen atoms in total. The summed E-state index contributed by atoms with van der Waals surface area (Å²) in [7, 11) is -0.993. The number of nitrogens with one attached hydrogen (secondary N) is 2. The molecule has 2 N–H and O–H groups in total. The van der Waals surface area contributed by atoms with Crippen LogP contribution in [0.1, 0.15) is 82.4 Å². The molecule has 3 fully saturated rings. The number of amides is 3. The van der Waals surface area contributed by atoms with Crippen LogP contribution in [-0.4, -0.2) is 79.5 Å². The van der Waals surface area contributed by atoms with E-state index in [0.29, 0.717) is 42.1 Å². The van der Waals surface area contributed by atoms with E-state index in [9.17, 15) is 22.8 Å². The fraction of sp³-hybridized carbons (Fsp3) is 0.553. The smallest absolute Gasteiger partial charge is 0.362 e. The Hall–Kier alpha value is -4.08. The average molecular weight is 766 g/mol. The van der Waals surface area contributed by atoms with Crippen molar-refractivity contribution in [3.63, 3.8) is 0 Å². The van der Waals surface area contributed by atoms with E-state index in [1.165, 1.54) is 11.3 Å². The van der Waals surface area contributed by atoms with Crippen molar-refractivity contribution in [2.75, 3.05) is 20.7 Å². The monoisotopic (exact) mass is 765 g/mol. The number of hydrogen-bond acceptors (Lipinski definition) is 11. The van der Waals surface area contributed by atoms with Crippen LogP contribution in [0.2, 0.25) is 0 Å². The highest BCUT2D eigenvalue weighted by atomic mass is 32.2. The quantitative estimate of drug-likeness (QED) is 0.277. The lowest BCUT2D eigenvalue weighted by Crippen LogP contribution is -2.54. The molecule has 3 aliphatic carbocycles. The Bertz CT molecular complexity index is 2060. The van der Waals surface area contributed by atoms with Gasteiger partial charge in [-0.3, -0.25) is 18.6 Å². The van der Waals surface area contributed by atoms with E-state index >= 15 is 0 Å². The number of rotatable bonds is 9. The first kappa shape index (κ1) is 37.2. The van der Waals surface area contributed by atoms with Gasteiger partial charge in [0, 0.05) is 41.9 Å². The van der Waals surface area contributed by atoms with E-state index in [2.05, 4.69) is 23.9 Å². The van der Waals surface area contributed by atoms with Crippen molar-refractivity contribution in [1.29, 1.82) is 0 Å². The standard InChI is InChI=1S/C38H47N5O8S2/c1-21(2)30-20-52-35(40-30)29-18-32(26-13-14-31(49-5)22(3)33(26)39-29)50-25-16-27-28(17-25)36(45)43(4)15-9-7-6-8-10-23-19-38(23,41-34(27)44)37(46)42-53(47,48)51-24-11-12-24/h8,10,13-14,18,20-21,23-25,27-28H,6-7,9,11-12,15-17,19H2,1-5H3,(H,41,44)(H,42,46)/b10-8-/t23-,25-,27-,28-,38-/m1/s1. The number of thiazole rings is 1. The Morgan fingerprint density at radius 2 is 1.87 bits per heavy atom. The summed E-state index contributed by atoms with van der Waals surface area (Å²) < 4.78 is 44.8. The second kappa shape index (κ2) is 14.6. The molecule has 0 radical (unpaired) electrons. The first-order valence-corrected chi connectivity index (χ1v) is 20.7. The Labute approximate surface area is 314 Å². The lowest BCUT2D eigenvalue weighted by Gasteiger charge is -2.26. The van der Waals surface area contributed by atoms with Crippen molar-refractivity contribution in [3.8, 4) is 22.2 Å². The van der Waals surface area contributed by atoms with E-state index in [4.69, 9.17) is 23.6 Å². The number of ether oxygens (including phenoxy) is 2. The Balaban J connectivity index is 1.20. The van der Waals surface area contributed by atoms with Crippen LogP contribution in [0.15, 0.2) is 35.7 Å². The highest BCUT2D eigenvalue weighted by Gasteiger charge is 2.62. The van der Waals surface area contributed by atoms with Gasteiger partial charge in [-0.2, -0.15) is 8.42 Å². The Kier molecular flexibility index (Phi) is 10.3. The Morgan fingerprint density at radius 1 is 1.09 bits per heavy atom. The predicted octanol–water partition coefficient (Wildman–Crippen LogP) is 5.19. The highest BCUT2D eigenvalue weighted by Crippen LogP contribution is 2.47. The molecule has 15 heteroatoms. The summed E-state index contributed by atoms with van der Waals surface area (Å²) in [6.07, 6.45) is 7.11. The molecule has 3 aromatic rings. The number of benzene rings is 1. The highest BCUT2D eigenvalue weighted by molar-refractivity contribution is 7.85. The minimum Gasteiger partial charge on any atom is -0.496 e. The number of methoxy groups -OCH3 is 1.